The van der Waals surface area contributed by atoms with Crippen LogP contribution >= 0.6 is 0 Å². The van der Waals surface area contributed by atoms with Gasteiger partial charge >= 0.3 is 0 Å². The fourth-order valence-corrected chi connectivity index (χ4v) is 7.52. The molecule has 0 spiro atoms. The van der Waals surface area contributed by atoms with Crippen molar-refractivity contribution in [3.8, 4) is 17.2 Å². The second-order valence-corrected chi connectivity index (χ2v) is 14.7. The summed E-state index contributed by atoms with van der Waals surface area (Å²) in [4.78, 5) is 16.7. The number of allylic oxidation sites excluding steroid dienone is 5. The number of carbonyl (C=O) groups excluding carboxylic acids is 1. The van der Waals surface area contributed by atoms with Gasteiger partial charge in [-0.3, -0.25) is 9.79 Å². The average molecular weight is 719 g/mol. The smallest absolute Gasteiger partial charge is 0.161 e. The van der Waals surface area contributed by atoms with Crippen LogP contribution in [0.4, 0.5) is 0 Å². The summed E-state index contributed by atoms with van der Waals surface area (Å²) >= 11 is 0. The van der Waals surface area contributed by atoms with E-state index < -0.39 is 12.1 Å². The molecule has 0 saturated carbocycles. The third-order valence-corrected chi connectivity index (χ3v) is 10.6. The van der Waals surface area contributed by atoms with E-state index >= 15 is 0 Å². The topological polar surface area (TPSA) is 154 Å². The Balaban J connectivity index is 1.21. The first-order valence-electron chi connectivity index (χ1n) is 19.3. The van der Waals surface area contributed by atoms with Crippen LogP contribution in [0.25, 0.3) is 0 Å². The zero-order valence-electron chi connectivity index (χ0n) is 31.3. The highest BCUT2D eigenvalue weighted by Gasteiger charge is 2.33. The van der Waals surface area contributed by atoms with E-state index in [0.717, 1.165) is 46.6 Å². The molecule has 5 rings (SSSR count). The summed E-state index contributed by atoms with van der Waals surface area (Å²) < 4.78 is 6.05. The van der Waals surface area contributed by atoms with Gasteiger partial charge in [0, 0.05) is 36.7 Å². The predicted molar refractivity (Wildman–Crippen MR) is 211 cm³/mol. The quantitative estimate of drug-likeness (QED) is 0.0424. The Labute approximate surface area is 315 Å². The van der Waals surface area contributed by atoms with Gasteiger partial charge in [-0.1, -0.05) is 88.4 Å². The summed E-state index contributed by atoms with van der Waals surface area (Å²) in [5, 5.41) is 35.6. The molecule has 0 fully saturated rings. The number of nitrogens with two attached hydrogens (primary N) is 2. The molecule has 8 heteroatoms. The molecule has 0 aromatic heterocycles. The lowest BCUT2D eigenvalue weighted by molar-refractivity contribution is -0.317. The fourth-order valence-electron chi connectivity index (χ4n) is 7.52. The van der Waals surface area contributed by atoms with Gasteiger partial charge in [-0.15, -0.1) is 5.76 Å². The molecule has 1 heterocycles. The van der Waals surface area contributed by atoms with Gasteiger partial charge in [0.25, 0.3) is 0 Å². The van der Waals surface area contributed by atoms with Gasteiger partial charge < -0.3 is 31.5 Å². The van der Waals surface area contributed by atoms with Crippen molar-refractivity contribution in [2.75, 3.05) is 6.61 Å². The van der Waals surface area contributed by atoms with Crippen LogP contribution in [0.5, 0.6) is 17.2 Å². The van der Waals surface area contributed by atoms with Crippen LogP contribution in [0.1, 0.15) is 117 Å². The number of rotatable bonds is 19. The summed E-state index contributed by atoms with van der Waals surface area (Å²) in [5.74, 6) is 0.574. The maximum atomic E-state index is 13.8. The average Bonchev–Trinajstić information content (AvgIpc) is 3.70. The molecular formula is C45H56N3O5-. The molecule has 1 aliphatic carbocycles. The number of aryl methyl sites for hydroxylation is 2. The third-order valence-electron chi connectivity index (χ3n) is 10.6. The lowest BCUT2D eigenvalue weighted by atomic mass is 9.69. The van der Waals surface area contributed by atoms with Crippen LogP contribution in [-0.4, -0.2) is 28.8 Å². The Kier molecular flexibility index (Phi) is 14.5. The largest absolute Gasteiger partial charge is 0.875 e. The molecule has 282 valence electrons. The standard InChI is InChI=1S/C45H57N3O5/c1-3-4-6-9-30(2)10-7-5-8-11-36(49)17-12-31-14-21-41(51)42(27-31)53-25-23-32-13-20-40(50)39(26-32)43-37-18-16-34(45(46)47)28-33(37)15-19-38(43)44(52)35-22-24-48-29-35/h8,11,13-14,16,18,20-22,24,26-30,38,43,45,50-52H,3-7,9-10,12,15,17,19,23,25,46-47H2,1-2H3/p-1/b11-8+,44-35?/t30-,38+,43+/m0/s1. The van der Waals surface area contributed by atoms with E-state index in [0.29, 0.717) is 49.0 Å². The first-order chi connectivity index (χ1) is 25.6. The van der Waals surface area contributed by atoms with Crippen molar-refractivity contribution in [3.05, 3.63) is 124 Å². The Bertz CT molecular complexity index is 1810. The number of nitrogens with zero attached hydrogens (tertiary/aromatic N) is 1. The van der Waals surface area contributed by atoms with Crippen LogP contribution < -0.4 is 21.3 Å². The number of fused-ring (bicyclic) bond motifs is 1. The van der Waals surface area contributed by atoms with Crippen molar-refractivity contribution in [2.24, 2.45) is 28.3 Å². The number of unbranched alkanes of at least 4 members (excludes halogenated alkanes) is 3. The molecule has 0 bridgehead atoms. The second kappa shape index (κ2) is 19.4. The number of aromatic hydroxyl groups is 2. The monoisotopic (exact) mass is 718 g/mol. The Morgan fingerprint density at radius 1 is 0.981 bits per heavy atom. The summed E-state index contributed by atoms with van der Waals surface area (Å²) in [6.07, 6.45) is 19.2. The molecule has 3 atom stereocenters. The van der Waals surface area contributed by atoms with Crippen molar-refractivity contribution in [1.82, 2.24) is 0 Å². The molecular weight excluding hydrogens is 663 g/mol. The van der Waals surface area contributed by atoms with Gasteiger partial charge in [-0.05, 0) is 108 Å². The van der Waals surface area contributed by atoms with Gasteiger partial charge in [-0.2, -0.15) is 0 Å². The van der Waals surface area contributed by atoms with Gasteiger partial charge in [0.2, 0.25) is 0 Å². The molecule has 3 aromatic carbocycles. The van der Waals surface area contributed by atoms with E-state index in [1.54, 1.807) is 42.8 Å². The Morgan fingerprint density at radius 2 is 1.75 bits per heavy atom. The summed E-state index contributed by atoms with van der Waals surface area (Å²) in [6, 6.07) is 16.6. The van der Waals surface area contributed by atoms with E-state index in [-0.39, 0.29) is 35.6 Å². The minimum Gasteiger partial charge on any atom is -0.875 e. The SMILES string of the molecule is CCCCC[C@H](C)CCC/C=C/C(=O)CCc1ccc(O)c(OCCc2ccc(O)c([C@@H]3c4ccc(C(N)N)cc4CC[C@H]3C([O-])=C3C=CN=C3)c2)c1. The maximum absolute atomic E-state index is 13.8. The fraction of sp³-hybridized carbons (Fsp3) is 0.422. The minimum atomic E-state index is -0.608. The molecule has 0 unspecified atom stereocenters. The summed E-state index contributed by atoms with van der Waals surface area (Å²) in [7, 11) is 0. The number of ether oxygens (including phenoxy) is 1. The van der Waals surface area contributed by atoms with Gasteiger partial charge in [0.1, 0.15) is 5.75 Å². The molecule has 8 nitrogen and oxygen atoms in total. The molecule has 3 aromatic rings. The molecule has 0 saturated heterocycles. The normalized spacial score (nSPS) is 18.1. The van der Waals surface area contributed by atoms with E-state index in [1.807, 2.05) is 42.5 Å². The number of benzene rings is 3. The van der Waals surface area contributed by atoms with Crippen molar-refractivity contribution < 1.29 is 24.9 Å². The molecule has 2 aliphatic rings. The molecule has 6 N–H and O–H groups in total. The Hall–Kier alpha value is -4.66. The lowest BCUT2D eigenvalue weighted by Crippen LogP contribution is -2.30. The zero-order valence-corrected chi connectivity index (χ0v) is 31.3. The number of ketones is 1. The number of hydrogen-bond acceptors (Lipinski definition) is 8. The number of phenolic OH excluding ortho intramolecular Hbond substituents is 2. The van der Waals surface area contributed by atoms with E-state index in [1.165, 1.54) is 32.1 Å². The molecule has 1 aliphatic heterocycles. The third kappa shape index (κ3) is 10.9. The van der Waals surface area contributed by atoms with E-state index in [9.17, 15) is 20.1 Å². The highest BCUT2D eigenvalue weighted by molar-refractivity contribution is 5.89. The van der Waals surface area contributed by atoms with Gasteiger partial charge in [0.15, 0.2) is 17.3 Å². The Morgan fingerprint density at radius 3 is 2.51 bits per heavy atom. The van der Waals surface area contributed by atoms with Gasteiger partial charge in [0.05, 0.1) is 12.8 Å². The van der Waals surface area contributed by atoms with Crippen LogP contribution in [0.3, 0.4) is 0 Å². The van der Waals surface area contributed by atoms with E-state index in [4.69, 9.17) is 16.2 Å². The molecule has 0 radical (unpaired) electrons. The van der Waals surface area contributed by atoms with Crippen LogP contribution in [0.2, 0.25) is 0 Å². The first-order valence-corrected chi connectivity index (χ1v) is 19.3. The highest BCUT2D eigenvalue weighted by atomic mass is 16.5. The maximum Gasteiger partial charge on any atom is 0.161 e. The molecule has 53 heavy (non-hydrogen) atoms. The predicted octanol–water partition coefficient (Wildman–Crippen LogP) is 7.99. The van der Waals surface area contributed by atoms with Crippen molar-refractivity contribution in [3.63, 3.8) is 0 Å². The van der Waals surface area contributed by atoms with E-state index in [2.05, 4.69) is 18.8 Å². The summed E-state index contributed by atoms with van der Waals surface area (Å²) in [5.41, 5.74) is 17.9. The number of carbonyl (C=O) groups is 1. The van der Waals surface area contributed by atoms with Crippen LogP contribution in [0.15, 0.2) is 95.3 Å². The lowest BCUT2D eigenvalue weighted by Gasteiger charge is -2.39. The summed E-state index contributed by atoms with van der Waals surface area (Å²) in [6.45, 7) is 4.83. The van der Waals surface area contributed by atoms with Crippen molar-refractivity contribution in [1.29, 1.82) is 0 Å². The number of hydrogen-bond donors (Lipinski definition) is 4. The molecule has 0 amide bonds. The van der Waals surface area contributed by atoms with Gasteiger partial charge in [-0.25, -0.2) is 0 Å². The number of aliphatic imine (C=N–C) groups is 1. The van der Waals surface area contributed by atoms with Crippen LogP contribution in [0, 0.1) is 11.8 Å². The van der Waals surface area contributed by atoms with Crippen molar-refractivity contribution in [2.45, 2.75) is 103 Å². The second-order valence-electron chi connectivity index (χ2n) is 14.7. The first kappa shape index (κ1) is 39.5. The van der Waals surface area contributed by atoms with Crippen LogP contribution in [-0.2, 0) is 24.1 Å². The zero-order chi connectivity index (χ0) is 37.7. The highest BCUT2D eigenvalue weighted by Crippen LogP contribution is 2.47. The minimum absolute atomic E-state index is 0.00266. The number of phenols is 2. The van der Waals surface area contributed by atoms with Crippen molar-refractivity contribution >= 4 is 12.0 Å².